The third-order valence-corrected chi connectivity index (χ3v) is 3.87. The van der Waals surface area contributed by atoms with Gasteiger partial charge in [-0.3, -0.25) is 0 Å². The monoisotopic (exact) mass is 233 g/mol. The lowest BCUT2D eigenvalue weighted by molar-refractivity contribution is 0.0530. The highest BCUT2D eigenvalue weighted by Gasteiger charge is 2.29. The van der Waals surface area contributed by atoms with E-state index in [9.17, 15) is 0 Å². The summed E-state index contributed by atoms with van der Waals surface area (Å²) in [6.45, 7) is 3.09. The molecule has 0 aromatic carbocycles. The first-order valence-corrected chi connectivity index (χ1v) is 6.57. The van der Waals surface area contributed by atoms with Crippen LogP contribution in [0.5, 0.6) is 0 Å². The van der Waals surface area contributed by atoms with Crippen LogP contribution in [0.15, 0.2) is 18.5 Å². The van der Waals surface area contributed by atoms with E-state index in [1.54, 1.807) is 0 Å². The van der Waals surface area contributed by atoms with E-state index in [0.29, 0.717) is 6.10 Å². The third kappa shape index (κ3) is 2.41. The van der Waals surface area contributed by atoms with Crippen LogP contribution in [-0.4, -0.2) is 35.8 Å². The Labute approximate surface area is 102 Å². The molecule has 3 heterocycles. The van der Waals surface area contributed by atoms with E-state index < -0.39 is 0 Å². The molecule has 4 heteroatoms. The SMILES string of the molecule is c1cnc(N2CCC(C3CCCO3)CC2)nc1. The molecule has 92 valence electrons. The van der Waals surface area contributed by atoms with Crippen LogP contribution >= 0.6 is 0 Å². The lowest BCUT2D eigenvalue weighted by atomic mass is 9.90. The second-order valence-corrected chi connectivity index (χ2v) is 4.92. The Morgan fingerprint density at radius 1 is 1.12 bits per heavy atom. The Hall–Kier alpha value is -1.16. The van der Waals surface area contributed by atoms with Crippen LogP contribution in [0.4, 0.5) is 5.95 Å². The van der Waals surface area contributed by atoms with Crippen LogP contribution < -0.4 is 4.90 Å². The largest absolute Gasteiger partial charge is 0.378 e. The lowest BCUT2D eigenvalue weighted by Crippen LogP contribution is -2.38. The zero-order chi connectivity index (χ0) is 11.5. The minimum absolute atomic E-state index is 0.522. The molecule has 2 aliphatic heterocycles. The van der Waals surface area contributed by atoms with Gasteiger partial charge in [-0.2, -0.15) is 0 Å². The average molecular weight is 233 g/mol. The highest BCUT2D eigenvalue weighted by atomic mass is 16.5. The van der Waals surface area contributed by atoms with Crippen molar-refractivity contribution in [2.24, 2.45) is 5.92 Å². The van der Waals surface area contributed by atoms with E-state index in [1.807, 2.05) is 18.5 Å². The summed E-state index contributed by atoms with van der Waals surface area (Å²) < 4.78 is 5.78. The number of anilines is 1. The van der Waals surface area contributed by atoms with Gasteiger partial charge in [0.25, 0.3) is 0 Å². The molecular weight excluding hydrogens is 214 g/mol. The first-order valence-electron chi connectivity index (χ1n) is 6.57. The number of aromatic nitrogens is 2. The van der Waals surface area contributed by atoms with Crippen LogP contribution in [0.1, 0.15) is 25.7 Å². The van der Waals surface area contributed by atoms with Crippen LogP contribution in [0.2, 0.25) is 0 Å². The molecule has 0 aliphatic carbocycles. The summed E-state index contributed by atoms with van der Waals surface area (Å²) in [5.74, 6) is 1.62. The van der Waals surface area contributed by atoms with Crippen molar-refractivity contribution >= 4 is 5.95 Å². The van der Waals surface area contributed by atoms with Crippen molar-refractivity contribution in [1.82, 2.24) is 9.97 Å². The van der Waals surface area contributed by atoms with Gasteiger partial charge in [0.2, 0.25) is 5.95 Å². The fourth-order valence-corrected chi connectivity index (χ4v) is 2.90. The lowest BCUT2D eigenvalue weighted by Gasteiger charge is -2.34. The molecule has 1 unspecified atom stereocenters. The summed E-state index contributed by atoms with van der Waals surface area (Å²) >= 11 is 0. The maximum Gasteiger partial charge on any atom is 0.225 e. The molecule has 1 atom stereocenters. The van der Waals surface area contributed by atoms with E-state index in [4.69, 9.17) is 4.74 Å². The molecule has 3 rings (SSSR count). The standard InChI is InChI=1S/C13H19N3O/c1-3-12(17-10-1)11-4-8-16(9-5-11)13-14-6-2-7-15-13/h2,6-7,11-12H,1,3-5,8-10H2. The summed E-state index contributed by atoms with van der Waals surface area (Å²) in [5, 5.41) is 0. The van der Waals surface area contributed by atoms with Gasteiger partial charge in [0, 0.05) is 32.1 Å². The molecule has 0 amide bonds. The van der Waals surface area contributed by atoms with Gasteiger partial charge in [-0.1, -0.05) is 0 Å². The number of piperidine rings is 1. The molecule has 0 bridgehead atoms. The summed E-state index contributed by atoms with van der Waals surface area (Å²) in [7, 11) is 0. The fraction of sp³-hybridized carbons (Fsp3) is 0.692. The highest BCUT2D eigenvalue weighted by Crippen LogP contribution is 2.29. The van der Waals surface area contributed by atoms with E-state index in [1.165, 1.54) is 25.7 Å². The highest BCUT2D eigenvalue weighted by molar-refractivity contribution is 5.28. The van der Waals surface area contributed by atoms with Crippen molar-refractivity contribution in [3.05, 3.63) is 18.5 Å². The van der Waals surface area contributed by atoms with Crippen molar-refractivity contribution in [3.8, 4) is 0 Å². The van der Waals surface area contributed by atoms with Gasteiger partial charge >= 0.3 is 0 Å². The Balaban J connectivity index is 1.57. The summed E-state index contributed by atoms with van der Waals surface area (Å²) in [6, 6.07) is 1.86. The summed E-state index contributed by atoms with van der Waals surface area (Å²) in [5.41, 5.74) is 0. The van der Waals surface area contributed by atoms with Crippen LogP contribution in [0.3, 0.4) is 0 Å². The molecule has 1 aromatic heterocycles. The molecule has 0 saturated carbocycles. The van der Waals surface area contributed by atoms with Gasteiger partial charge in [-0.15, -0.1) is 0 Å². The fourth-order valence-electron chi connectivity index (χ4n) is 2.90. The van der Waals surface area contributed by atoms with Crippen molar-refractivity contribution in [3.63, 3.8) is 0 Å². The minimum Gasteiger partial charge on any atom is -0.378 e. The van der Waals surface area contributed by atoms with Crippen LogP contribution in [-0.2, 0) is 4.74 Å². The normalized spacial score (nSPS) is 26.4. The first-order chi connectivity index (χ1) is 8.43. The van der Waals surface area contributed by atoms with Crippen molar-refractivity contribution in [2.45, 2.75) is 31.8 Å². The molecular formula is C13H19N3O. The van der Waals surface area contributed by atoms with Gasteiger partial charge in [0.1, 0.15) is 0 Å². The zero-order valence-corrected chi connectivity index (χ0v) is 10.1. The second-order valence-electron chi connectivity index (χ2n) is 4.92. The first kappa shape index (κ1) is 11.0. The molecule has 0 N–H and O–H groups in total. The second kappa shape index (κ2) is 5.00. The summed E-state index contributed by atoms with van der Waals surface area (Å²) in [6.07, 6.45) is 9.07. The zero-order valence-electron chi connectivity index (χ0n) is 10.1. The number of nitrogens with zero attached hydrogens (tertiary/aromatic N) is 3. The molecule has 2 aliphatic rings. The summed E-state index contributed by atoms with van der Waals surface area (Å²) in [4.78, 5) is 10.9. The van der Waals surface area contributed by atoms with Crippen molar-refractivity contribution in [2.75, 3.05) is 24.6 Å². The van der Waals surface area contributed by atoms with Crippen molar-refractivity contribution < 1.29 is 4.74 Å². The number of hydrogen-bond donors (Lipinski definition) is 0. The molecule has 1 aromatic rings. The smallest absolute Gasteiger partial charge is 0.225 e. The van der Waals surface area contributed by atoms with Crippen LogP contribution in [0.25, 0.3) is 0 Å². The van der Waals surface area contributed by atoms with E-state index >= 15 is 0 Å². The molecule has 17 heavy (non-hydrogen) atoms. The van der Waals surface area contributed by atoms with Gasteiger partial charge in [-0.25, -0.2) is 9.97 Å². The molecule has 4 nitrogen and oxygen atoms in total. The average Bonchev–Trinajstić information content (AvgIpc) is 2.94. The third-order valence-electron chi connectivity index (χ3n) is 3.87. The topological polar surface area (TPSA) is 38.2 Å². The number of rotatable bonds is 2. The van der Waals surface area contributed by atoms with Gasteiger partial charge in [-0.05, 0) is 37.7 Å². The van der Waals surface area contributed by atoms with Crippen molar-refractivity contribution in [1.29, 1.82) is 0 Å². The van der Waals surface area contributed by atoms with Gasteiger partial charge in [0.15, 0.2) is 0 Å². The van der Waals surface area contributed by atoms with E-state index in [2.05, 4.69) is 14.9 Å². The van der Waals surface area contributed by atoms with E-state index in [0.717, 1.165) is 31.6 Å². The van der Waals surface area contributed by atoms with Gasteiger partial charge < -0.3 is 9.64 Å². The predicted octanol–water partition coefficient (Wildman–Crippen LogP) is 1.87. The number of ether oxygens (including phenoxy) is 1. The Morgan fingerprint density at radius 2 is 1.88 bits per heavy atom. The Bertz CT molecular complexity index is 343. The minimum atomic E-state index is 0.522. The Kier molecular flexibility index (Phi) is 3.22. The molecule has 0 radical (unpaired) electrons. The van der Waals surface area contributed by atoms with Gasteiger partial charge in [0.05, 0.1) is 6.10 Å². The quantitative estimate of drug-likeness (QED) is 0.781. The molecule has 2 fully saturated rings. The Morgan fingerprint density at radius 3 is 2.53 bits per heavy atom. The molecule has 2 saturated heterocycles. The number of hydrogen-bond acceptors (Lipinski definition) is 4. The molecule has 0 spiro atoms. The van der Waals surface area contributed by atoms with Crippen LogP contribution in [0, 0.1) is 5.92 Å². The predicted molar refractivity (Wildman–Crippen MR) is 65.9 cm³/mol. The maximum absolute atomic E-state index is 5.78. The van der Waals surface area contributed by atoms with E-state index in [-0.39, 0.29) is 0 Å². The maximum atomic E-state index is 5.78.